The molecule has 60 heavy (non-hydrogen) atoms. The largest absolute Gasteiger partial charge is 0.462 e. The lowest BCUT2D eigenvalue weighted by Gasteiger charge is -2.24. The zero-order valence-corrected chi connectivity index (χ0v) is 39.3. The second-order valence-corrected chi connectivity index (χ2v) is 16.8. The van der Waals surface area contributed by atoms with Gasteiger partial charge in [-0.3, -0.25) is 9.59 Å². The first-order valence-corrected chi connectivity index (χ1v) is 25.2. The number of rotatable bonds is 44. The van der Waals surface area contributed by atoms with Crippen molar-refractivity contribution in [3.63, 3.8) is 0 Å². The summed E-state index contributed by atoms with van der Waals surface area (Å²) >= 11 is 0. The highest BCUT2D eigenvalue weighted by Gasteiger charge is 2.24. The summed E-state index contributed by atoms with van der Waals surface area (Å²) in [5.74, 6) is -0.525. The average Bonchev–Trinajstić information content (AvgIpc) is 3.24. The van der Waals surface area contributed by atoms with E-state index in [1.54, 1.807) is 0 Å². The third-order valence-electron chi connectivity index (χ3n) is 11.0. The van der Waals surface area contributed by atoms with Gasteiger partial charge < -0.3 is 20.3 Å². The van der Waals surface area contributed by atoms with Gasteiger partial charge in [-0.1, -0.05) is 196 Å². The first-order chi connectivity index (χ1) is 29.5. The molecular weight excluding hydrogens is 743 g/mol. The number of nitrogens with one attached hydrogen (secondary N) is 1. The Morgan fingerprint density at radius 1 is 0.500 bits per heavy atom. The summed E-state index contributed by atoms with van der Waals surface area (Å²) in [6.45, 7) is 6.31. The van der Waals surface area contributed by atoms with E-state index in [0.717, 1.165) is 116 Å². The summed E-state index contributed by atoms with van der Waals surface area (Å²) in [5, 5.41) is 23.7. The number of amides is 1. The minimum absolute atomic E-state index is 0.0507. The van der Waals surface area contributed by atoms with Gasteiger partial charge in [0.25, 0.3) is 0 Å². The zero-order chi connectivity index (χ0) is 43.8. The molecule has 6 nitrogen and oxygen atoms in total. The van der Waals surface area contributed by atoms with Gasteiger partial charge in [-0.2, -0.15) is 0 Å². The number of unbranched alkanes of at least 4 members (excludes halogenated alkanes) is 20. The molecule has 0 aromatic carbocycles. The quantitative estimate of drug-likeness (QED) is 0.0323. The Bertz CT molecular complexity index is 1120. The van der Waals surface area contributed by atoms with Gasteiger partial charge in [0.1, 0.15) is 6.10 Å². The van der Waals surface area contributed by atoms with Gasteiger partial charge >= 0.3 is 5.97 Å². The monoisotopic (exact) mass is 838 g/mol. The molecule has 0 aliphatic heterocycles. The molecule has 0 aromatic heterocycles. The molecule has 0 aliphatic carbocycles. The minimum atomic E-state index is -0.799. The molecule has 1 amide bonds. The number of aliphatic hydroxyl groups is 2. The molecule has 0 rings (SSSR count). The molecule has 0 saturated heterocycles. The fourth-order valence-electron chi connectivity index (χ4n) is 7.21. The molecule has 0 aliphatic rings. The van der Waals surface area contributed by atoms with E-state index in [9.17, 15) is 19.8 Å². The molecule has 346 valence electrons. The lowest BCUT2D eigenvalue weighted by atomic mass is 10.0. The van der Waals surface area contributed by atoms with Crippen molar-refractivity contribution in [3.8, 4) is 0 Å². The smallest absolute Gasteiger partial charge is 0.306 e. The summed E-state index contributed by atoms with van der Waals surface area (Å²) in [5.41, 5.74) is 0. The summed E-state index contributed by atoms with van der Waals surface area (Å²) in [4.78, 5) is 26.1. The van der Waals surface area contributed by atoms with E-state index < -0.39 is 18.2 Å². The zero-order valence-electron chi connectivity index (χ0n) is 39.3. The third kappa shape index (κ3) is 42.0. The van der Waals surface area contributed by atoms with Crippen LogP contribution in [-0.2, 0) is 14.3 Å². The van der Waals surface area contributed by atoms with Crippen LogP contribution in [0.2, 0.25) is 0 Å². The molecule has 0 spiro atoms. The van der Waals surface area contributed by atoms with E-state index in [0.29, 0.717) is 19.3 Å². The molecule has 0 aromatic rings. The second-order valence-electron chi connectivity index (χ2n) is 16.8. The first-order valence-electron chi connectivity index (χ1n) is 25.2. The van der Waals surface area contributed by atoms with Crippen LogP contribution < -0.4 is 5.32 Å². The highest BCUT2D eigenvalue weighted by Crippen LogP contribution is 2.17. The standard InChI is InChI=1S/C54H95NO5/c1-4-7-10-13-16-19-22-24-26-27-28-29-31-33-36-39-42-45-50(60-54(59)47-44-41-38-35-32-30-25-23-20-17-14-11-8-5-2)48-53(58)55-51(49-56)52(57)46-43-40-37-34-21-18-15-12-9-6-3/h8,11,16-17,19-20,24-26,28-30,50-52,56-57H,4-7,9-10,12-15,18,21-23,27,31-49H2,1-3H3,(H,55,58)/b11-8+,19-16-,20-17+,26-24-,29-28-,30-25+. The van der Waals surface area contributed by atoms with E-state index in [-0.39, 0.29) is 24.9 Å². The Balaban J connectivity index is 4.69. The third-order valence-corrected chi connectivity index (χ3v) is 11.0. The van der Waals surface area contributed by atoms with Crippen LogP contribution in [-0.4, -0.2) is 46.9 Å². The highest BCUT2D eigenvalue weighted by atomic mass is 16.5. The van der Waals surface area contributed by atoms with Crippen molar-refractivity contribution in [2.45, 2.75) is 251 Å². The SMILES string of the molecule is CC/C=C/C/C=C/C/C=C/CCCCCCC(=O)OC(CCCCCC/C=C\C/C=C\C/C=C\CCCCC)CC(=O)NC(CO)C(O)CCCCCCCCCCCC. The second kappa shape index (κ2) is 47.4. The normalized spacial score (nSPS) is 13.9. The van der Waals surface area contributed by atoms with Gasteiger partial charge in [-0.05, 0) is 96.3 Å². The predicted molar refractivity (Wildman–Crippen MR) is 259 cm³/mol. The van der Waals surface area contributed by atoms with Crippen LogP contribution in [0, 0.1) is 0 Å². The summed E-state index contributed by atoms with van der Waals surface area (Å²) in [7, 11) is 0. The van der Waals surface area contributed by atoms with Gasteiger partial charge in [0, 0.05) is 6.42 Å². The Hall–Kier alpha value is -2.70. The van der Waals surface area contributed by atoms with Crippen LogP contribution in [0.15, 0.2) is 72.9 Å². The number of carbonyl (C=O) groups excluding carboxylic acids is 2. The molecular formula is C54H95NO5. The molecule has 0 heterocycles. The fourth-order valence-corrected chi connectivity index (χ4v) is 7.21. The molecule has 0 saturated carbocycles. The van der Waals surface area contributed by atoms with Crippen LogP contribution in [0.5, 0.6) is 0 Å². The maximum absolute atomic E-state index is 13.2. The van der Waals surface area contributed by atoms with Gasteiger partial charge in [-0.15, -0.1) is 0 Å². The lowest BCUT2D eigenvalue weighted by molar-refractivity contribution is -0.151. The Morgan fingerprint density at radius 3 is 1.40 bits per heavy atom. The van der Waals surface area contributed by atoms with Gasteiger partial charge in [0.15, 0.2) is 0 Å². The van der Waals surface area contributed by atoms with Crippen LogP contribution in [0.1, 0.15) is 233 Å². The summed E-state index contributed by atoms with van der Waals surface area (Å²) in [6.07, 6.45) is 59.6. The van der Waals surface area contributed by atoms with E-state index in [1.165, 1.54) is 70.6 Å². The van der Waals surface area contributed by atoms with E-state index >= 15 is 0 Å². The topological polar surface area (TPSA) is 95.9 Å². The van der Waals surface area contributed by atoms with Crippen LogP contribution >= 0.6 is 0 Å². The number of allylic oxidation sites excluding steroid dienone is 12. The van der Waals surface area contributed by atoms with E-state index in [4.69, 9.17) is 4.74 Å². The lowest BCUT2D eigenvalue weighted by Crippen LogP contribution is -2.46. The highest BCUT2D eigenvalue weighted by molar-refractivity contribution is 5.77. The molecule has 3 N–H and O–H groups in total. The van der Waals surface area contributed by atoms with Crippen molar-refractivity contribution in [1.29, 1.82) is 0 Å². The van der Waals surface area contributed by atoms with Crippen molar-refractivity contribution < 1.29 is 24.5 Å². The van der Waals surface area contributed by atoms with Crippen LogP contribution in [0.4, 0.5) is 0 Å². The van der Waals surface area contributed by atoms with Crippen LogP contribution in [0.25, 0.3) is 0 Å². The Morgan fingerprint density at radius 2 is 0.900 bits per heavy atom. The number of ether oxygens (including phenoxy) is 1. The number of carbonyl (C=O) groups is 2. The van der Waals surface area contributed by atoms with Crippen molar-refractivity contribution >= 4 is 11.9 Å². The Kier molecular flexibility index (Phi) is 45.2. The van der Waals surface area contributed by atoms with Crippen molar-refractivity contribution in [2.24, 2.45) is 0 Å². The predicted octanol–water partition coefficient (Wildman–Crippen LogP) is 15.0. The number of hydrogen-bond donors (Lipinski definition) is 3. The number of esters is 1. The maximum atomic E-state index is 13.2. The molecule has 6 heteroatoms. The van der Waals surface area contributed by atoms with E-state index in [1.807, 2.05) is 0 Å². The van der Waals surface area contributed by atoms with Crippen molar-refractivity contribution in [1.82, 2.24) is 5.32 Å². The van der Waals surface area contributed by atoms with Crippen molar-refractivity contribution in [3.05, 3.63) is 72.9 Å². The first kappa shape index (κ1) is 57.3. The van der Waals surface area contributed by atoms with Crippen LogP contribution in [0.3, 0.4) is 0 Å². The molecule has 3 atom stereocenters. The summed E-state index contributed by atoms with van der Waals surface area (Å²) in [6, 6.07) is -0.715. The molecule has 0 radical (unpaired) electrons. The van der Waals surface area contributed by atoms with Gasteiger partial charge in [0.05, 0.1) is 25.2 Å². The molecule has 0 bridgehead atoms. The average molecular weight is 838 g/mol. The van der Waals surface area contributed by atoms with Gasteiger partial charge in [0.2, 0.25) is 5.91 Å². The van der Waals surface area contributed by atoms with Gasteiger partial charge in [-0.25, -0.2) is 0 Å². The molecule has 3 unspecified atom stereocenters. The fraction of sp³-hybridized carbons (Fsp3) is 0.741. The van der Waals surface area contributed by atoms with Crippen molar-refractivity contribution in [2.75, 3.05) is 6.61 Å². The summed E-state index contributed by atoms with van der Waals surface area (Å²) < 4.78 is 5.91. The molecule has 0 fully saturated rings. The maximum Gasteiger partial charge on any atom is 0.306 e. The van der Waals surface area contributed by atoms with E-state index in [2.05, 4.69) is 99.0 Å². The minimum Gasteiger partial charge on any atom is -0.462 e. The Labute approximate surface area is 371 Å². The number of aliphatic hydroxyl groups excluding tert-OH is 2. The number of hydrogen-bond acceptors (Lipinski definition) is 5.